The number of rotatable bonds is 7. The molecule has 29 heavy (non-hydrogen) atoms. The molecule has 3 rings (SSSR count). The summed E-state index contributed by atoms with van der Waals surface area (Å²) in [7, 11) is 8.90. The van der Waals surface area contributed by atoms with Gasteiger partial charge in [0.15, 0.2) is 17.2 Å². The monoisotopic (exact) mass is 451 g/mol. The van der Waals surface area contributed by atoms with Crippen LogP contribution in [0.1, 0.15) is 0 Å². The van der Waals surface area contributed by atoms with Crippen LogP contribution in [0.3, 0.4) is 0 Å². The highest BCUT2D eigenvalue weighted by atomic mass is 32.9. The van der Waals surface area contributed by atoms with Gasteiger partial charge in [0, 0.05) is 17.2 Å². The van der Waals surface area contributed by atoms with E-state index >= 15 is 0 Å². The van der Waals surface area contributed by atoms with E-state index in [1.165, 1.54) is 41.0 Å². The van der Waals surface area contributed by atoms with Crippen molar-refractivity contribution in [3.05, 3.63) is 44.3 Å². The molecule has 10 heteroatoms. The average molecular weight is 452 g/mol. The molecule has 0 aliphatic heterocycles. The van der Waals surface area contributed by atoms with E-state index < -0.39 is 4.92 Å². The first-order valence-corrected chi connectivity index (χ1v) is 10.8. The number of nitro groups is 1. The molecule has 0 fully saturated rings. The lowest BCUT2D eigenvalue weighted by atomic mass is 10.0. The van der Waals surface area contributed by atoms with Gasteiger partial charge in [-0.15, -0.1) is 0 Å². The summed E-state index contributed by atoms with van der Waals surface area (Å²) in [5.41, 5.74) is 2.13. The summed E-state index contributed by atoms with van der Waals surface area (Å²) in [6.07, 6.45) is 0. The lowest BCUT2D eigenvalue weighted by Crippen LogP contribution is -1.96. The maximum Gasteiger partial charge on any atom is 0.311 e. The molecule has 0 spiro atoms. The van der Waals surface area contributed by atoms with Crippen molar-refractivity contribution in [2.75, 3.05) is 28.4 Å². The van der Waals surface area contributed by atoms with Crippen LogP contribution < -0.4 is 18.9 Å². The Kier molecular flexibility index (Phi) is 6.36. The average Bonchev–Trinajstić information content (AvgIpc) is 3.13. The molecule has 0 radical (unpaired) electrons. The van der Waals surface area contributed by atoms with Gasteiger partial charge in [-0.1, -0.05) is 32.9 Å². The minimum Gasteiger partial charge on any atom is -0.493 e. The molecule has 1 aromatic heterocycles. The van der Waals surface area contributed by atoms with Crippen molar-refractivity contribution in [3.63, 3.8) is 0 Å². The molecule has 0 atom stereocenters. The maximum atomic E-state index is 11.4. The van der Waals surface area contributed by atoms with Crippen LogP contribution in [0.4, 0.5) is 5.69 Å². The van der Waals surface area contributed by atoms with E-state index in [4.69, 9.17) is 31.2 Å². The summed E-state index contributed by atoms with van der Waals surface area (Å²) in [6.45, 7) is 0. The van der Waals surface area contributed by atoms with Crippen LogP contribution in [-0.4, -0.2) is 33.4 Å². The van der Waals surface area contributed by atoms with Crippen LogP contribution in [0.2, 0.25) is 0 Å². The van der Waals surface area contributed by atoms with E-state index in [0.29, 0.717) is 26.6 Å². The molecular weight excluding hydrogens is 434 g/mol. The zero-order valence-corrected chi connectivity index (χ0v) is 18.5. The van der Waals surface area contributed by atoms with E-state index in [2.05, 4.69) is 0 Å². The molecule has 0 amide bonds. The van der Waals surface area contributed by atoms with E-state index in [-0.39, 0.29) is 11.4 Å². The third kappa shape index (κ3) is 3.91. The highest BCUT2D eigenvalue weighted by Gasteiger charge is 2.22. The lowest BCUT2D eigenvalue weighted by Gasteiger charge is -2.14. The number of methoxy groups -OCH3 is 4. The van der Waals surface area contributed by atoms with Crippen molar-refractivity contribution < 1.29 is 23.9 Å². The molecular formula is C19H17NO6S3. The summed E-state index contributed by atoms with van der Waals surface area (Å²) in [4.78, 5) is 11.8. The van der Waals surface area contributed by atoms with E-state index in [1.54, 1.807) is 26.4 Å². The summed E-state index contributed by atoms with van der Waals surface area (Å²) in [6, 6.07) is 8.48. The Bertz CT molecular complexity index is 1100. The second kappa shape index (κ2) is 8.76. The quantitative estimate of drug-likeness (QED) is 0.194. The molecule has 0 unspecified atom stereocenters. The van der Waals surface area contributed by atoms with Gasteiger partial charge < -0.3 is 18.9 Å². The number of hydrogen-bond donors (Lipinski definition) is 0. The van der Waals surface area contributed by atoms with Gasteiger partial charge in [0.1, 0.15) is 3.82 Å². The normalized spacial score (nSPS) is 10.5. The lowest BCUT2D eigenvalue weighted by molar-refractivity contribution is -0.385. The Morgan fingerprint density at radius 1 is 0.862 bits per heavy atom. The van der Waals surface area contributed by atoms with Gasteiger partial charge in [-0.2, -0.15) is 0 Å². The van der Waals surface area contributed by atoms with Gasteiger partial charge in [0.05, 0.1) is 38.2 Å². The van der Waals surface area contributed by atoms with Crippen molar-refractivity contribution in [2.24, 2.45) is 0 Å². The fourth-order valence-electron chi connectivity index (χ4n) is 2.90. The van der Waals surface area contributed by atoms with E-state index in [1.807, 2.05) is 12.1 Å². The van der Waals surface area contributed by atoms with Crippen LogP contribution in [0.15, 0.2) is 30.3 Å². The minimum absolute atomic E-state index is 0.106. The highest BCUT2D eigenvalue weighted by Crippen LogP contribution is 2.47. The maximum absolute atomic E-state index is 11.4. The third-order valence-corrected chi connectivity index (χ3v) is 7.29. The van der Waals surface area contributed by atoms with Crippen LogP contribution in [0.5, 0.6) is 23.0 Å². The SMILES string of the molecule is COc1ccc(-c2ssc(=S)c2-c2cc(OC)c(OC)c(OC)c2)cc1[N+](=O)[O-]. The van der Waals surface area contributed by atoms with Crippen molar-refractivity contribution in [1.29, 1.82) is 0 Å². The second-order valence-electron chi connectivity index (χ2n) is 5.72. The number of nitrogens with zero attached hydrogens (tertiary/aromatic N) is 1. The largest absolute Gasteiger partial charge is 0.493 e. The molecule has 7 nitrogen and oxygen atoms in total. The van der Waals surface area contributed by atoms with Gasteiger partial charge >= 0.3 is 5.69 Å². The van der Waals surface area contributed by atoms with E-state index in [9.17, 15) is 10.1 Å². The third-order valence-electron chi connectivity index (χ3n) is 4.22. The molecule has 2 aromatic carbocycles. The minimum atomic E-state index is -0.465. The topological polar surface area (TPSA) is 80.1 Å². The first-order valence-electron chi connectivity index (χ1n) is 8.21. The Morgan fingerprint density at radius 2 is 1.48 bits per heavy atom. The fraction of sp³-hybridized carbons (Fsp3) is 0.211. The van der Waals surface area contributed by atoms with Gasteiger partial charge in [-0.3, -0.25) is 10.1 Å². The molecule has 0 aliphatic carbocycles. The van der Waals surface area contributed by atoms with Crippen molar-refractivity contribution in [1.82, 2.24) is 0 Å². The van der Waals surface area contributed by atoms with Gasteiger partial charge in [-0.25, -0.2) is 0 Å². The number of hydrogen-bond acceptors (Lipinski definition) is 9. The summed E-state index contributed by atoms with van der Waals surface area (Å²) < 4.78 is 22.0. The summed E-state index contributed by atoms with van der Waals surface area (Å²) >= 11 is 5.57. The zero-order chi connectivity index (χ0) is 21.1. The molecule has 0 aliphatic rings. The van der Waals surface area contributed by atoms with Crippen molar-refractivity contribution >= 4 is 38.6 Å². The molecule has 0 saturated heterocycles. The first kappa shape index (κ1) is 21.0. The predicted molar refractivity (Wildman–Crippen MR) is 117 cm³/mol. The number of nitro benzene ring substituents is 1. The smallest absolute Gasteiger partial charge is 0.311 e. The number of benzene rings is 2. The Labute approximate surface area is 179 Å². The molecule has 0 N–H and O–H groups in total. The van der Waals surface area contributed by atoms with Crippen LogP contribution in [0, 0.1) is 13.9 Å². The van der Waals surface area contributed by atoms with Gasteiger partial charge in [0.25, 0.3) is 0 Å². The van der Waals surface area contributed by atoms with Crippen LogP contribution >= 0.6 is 32.9 Å². The summed E-state index contributed by atoms with van der Waals surface area (Å²) in [5.74, 6) is 1.68. The van der Waals surface area contributed by atoms with Gasteiger partial charge in [-0.05, 0) is 29.8 Å². The Hall–Kier alpha value is -2.69. The molecule has 0 saturated carbocycles. The Morgan fingerprint density at radius 3 is 2.00 bits per heavy atom. The predicted octanol–water partition coefficient (Wildman–Crippen LogP) is 5.82. The second-order valence-corrected chi connectivity index (χ2v) is 8.53. The molecule has 3 aromatic rings. The number of ether oxygens (including phenoxy) is 4. The van der Waals surface area contributed by atoms with Crippen molar-refractivity contribution in [2.45, 2.75) is 0 Å². The fourth-order valence-corrected chi connectivity index (χ4v) is 5.81. The first-order chi connectivity index (χ1) is 13.9. The molecule has 152 valence electrons. The molecule has 1 heterocycles. The highest BCUT2D eigenvalue weighted by molar-refractivity contribution is 7.80. The molecule has 0 bridgehead atoms. The van der Waals surface area contributed by atoms with Crippen LogP contribution in [0.25, 0.3) is 21.6 Å². The summed E-state index contributed by atoms with van der Waals surface area (Å²) in [5, 5.41) is 11.4. The van der Waals surface area contributed by atoms with Gasteiger partial charge in [0.2, 0.25) is 5.75 Å². The standard InChI is InChI=1S/C19H17NO6S3/c1-23-13-6-5-10(7-12(13)20(21)22)18-16(19(27)29-28-18)11-8-14(24-2)17(26-4)15(9-11)25-3/h5-9H,1-4H3. The van der Waals surface area contributed by atoms with E-state index in [0.717, 1.165) is 16.0 Å². The van der Waals surface area contributed by atoms with Crippen molar-refractivity contribution in [3.8, 4) is 44.6 Å². The zero-order valence-electron chi connectivity index (χ0n) is 16.0. The van der Waals surface area contributed by atoms with Crippen LogP contribution in [-0.2, 0) is 0 Å². The Balaban J connectivity index is 2.24.